The van der Waals surface area contributed by atoms with Crippen LogP contribution in [0.4, 0.5) is 10.1 Å². The maximum atomic E-state index is 13.3. The predicted molar refractivity (Wildman–Crippen MR) is 112 cm³/mol. The Bertz CT molecular complexity index is 755. The number of anilines is 1. The fraction of sp³-hybridized carbons (Fsp3) is 0.381. The fourth-order valence-electron chi connectivity index (χ4n) is 3.39. The summed E-state index contributed by atoms with van der Waals surface area (Å²) in [5.41, 5.74) is 4.42. The maximum absolute atomic E-state index is 13.3. The van der Waals surface area contributed by atoms with E-state index in [9.17, 15) is 4.39 Å². The first-order valence-corrected chi connectivity index (χ1v) is 9.64. The molecule has 0 unspecified atom stereocenters. The van der Waals surface area contributed by atoms with E-state index in [0.29, 0.717) is 24.9 Å². The van der Waals surface area contributed by atoms with E-state index < -0.39 is 0 Å². The van der Waals surface area contributed by atoms with Gasteiger partial charge in [0.25, 0.3) is 0 Å². The smallest absolute Gasteiger partial charge is 0.170 e. The van der Waals surface area contributed by atoms with Crippen LogP contribution in [0.2, 0.25) is 0 Å². The highest BCUT2D eigenvalue weighted by atomic mass is 32.1. The highest BCUT2D eigenvalue weighted by Gasteiger charge is 2.23. The van der Waals surface area contributed by atoms with Crippen molar-refractivity contribution >= 4 is 23.0 Å². The minimum absolute atomic E-state index is 0.104. The van der Waals surface area contributed by atoms with Gasteiger partial charge in [0.05, 0.1) is 19.3 Å². The first-order valence-electron chi connectivity index (χ1n) is 9.23. The van der Waals surface area contributed by atoms with E-state index in [-0.39, 0.29) is 11.9 Å². The van der Waals surface area contributed by atoms with Gasteiger partial charge in [0.2, 0.25) is 0 Å². The first kappa shape index (κ1) is 19.7. The Morgan fingerprint density at radius 1 is 1.11 bits per heavy atom. The predicted octanol–water partition coefficient (Wildman–Crippen LogP) is 3.80. The SMILES string of the molecule is Cc1cccc(C)c1NC(=S)NC[C@@H](c1ccc(F)cc1)N1CCOCC1. The van der Waals surface area contributed by atoms with Crippen LogP contribution in [-0.4, -0.2) is 42.9 Å². The third-order valence-corrected chi connectivity index (χ3v) is 5.16. The lowest BCUT2D eigenvalue weighted by molar-refractivity contribution is 0.0170. The zero-order valence-corrected chi connectivity index (χ0v) is 16.6. The third kappa shape index (κ3) is 5.25. The van der Waals surface area contributed by atoms with Gasteiger partial charge in [-0.1, -0.05) is 30.3 Å². The average Bonchev–Trinajstić information content (AvgIpc) is 2.67. The highest BCUT2D eigenvalue weighted by molar-refractivity contribution is 7.80. The molecule has 1 atom stereocenters. The second kappa shape index (κ2) is 9.26. The van der Waals surface area contributed by atoms with Gasteiger partial charge in [-0.3, -0.25) is 4.90 Å². The van der Waals surface area contributed by atoms with Crippen molar-refractivity contribution in [2.45, 2.75) is 19.9 Å². The number of ether oxygens (including phenoxy) is 1. The number of aryl methyl sites for hydroxylation is 2. The molecule has 144 valence electrons. The lowest BCUT2D eigenvalue weighted by atomic mass is 10.0. The second-order valence-corrected chi connectivity index (χ2v) is 7.23. The molecule has 0 amide bonds. The molecule has 0 aromatic heterocycles. The van der Waals surface area contributed by atoms with Gasteiger partial charge in [-0.2, -0.15) is 0 Å². The number of halogens is 1. The van der Waals surface area contributed by atoms with E-state index in [4.69, 9.17) is 17.0 Å². The van der Waals surface area contributed by atoms with E-state index in [0.717, 1.165) is 35.5 Å². The molecule has 27 heavy (non-hydrogen) atoms. The summed E-state index contributed by atoms with van der Waals surface area (Å²) in [4.78, 5) is 2.35. The van der Waals surface area contributed by atoms with Crippen molar-refractivity contribution in [1.82, 2.24) is 10.2 Å². The normalized spacial score (nSPS) is 16.0. The lowest BCUT2D eigenvalue weighted by Crippen LogP contribution is -2.44. The van der Waals surface area contributed by atoms with Gasteiger partial charge in [0, 0.05) is 25.3 Å². The van der Waals surface area contributed by atoms with Crippen LogP contribution in [0, 0.1) is 19.7 Å². The second-order valence-electron chi connectivity index (χ2n) is 6.82. The summed E-state index contributed by atoms with van der Waals surface area (Å²) in [6.45, 7) is 7.88. The molecule has 2 aromatic carbocycles. The summed E-state index contributed by atoms with van der Waals surface area (Å²) in [6, 6.07) is 13.0. The monoisotopic (exact) mass is 387 g/mol. The van der Waals surface area contributed by atoms with Crippen molar-refractivity contribution in [2.75, 3.05) is 38.2 Å². The number of rotatable bonds is 5. The van der Waals surface area contributed by atoms with Gasteiger partial charge in [-0.25, -0.2) is 4.39 Å². The van der Waals surface area contributed by atoms with Crippen molar-refractivity contribution in [2.24, 2.45) is 0 Å². The zero-order valence-electron chi connectivity index (χ0n) is 15.8. The number of nitrogens with zero attached hydrogens (tertiary/aromatic N) is 1. The molecule has 0 spiro atoms. The van der Waals surface area contributed by atoms with Crippen LogP contribution in [0.1, 0.15) is 22.7 Å². The average molecular weight is 388 g/mol. The fourth-order valence-corrected chi connectivity index (χ4v) is 3.58. The van der Waals surface area contributed by atoms with Crippen LogP contribution in [-0.2, 0) is 4.74 Å². The maximum Gasteiger partial charge on any atom is 0.170 e. The van der Waals surface area contributed by atoms with E-state index in [1.165, 1.54) is 12.1 Å². The van der Waals surface area contributed by atoms with Gasteiger partial charge < -0.3 is 15.4 Å². The highest BCUT2D eigenvalue weighted by Crippen LogP contribution is 2.22. The molecule has 0 radical (unpaired) electrons. The van der Waals surface area contributed by atoms with Crippen molar-refractivity contribution in [3.63, 3.8) is 0 Å². The minimum Gasteiger partial charge on any atom is -0.379 e. The van der Waals surface area contributed by atoms with Crippen LogP contribution in [0.5, 0.6) is 0 Å². The summed E-state index contributed by atoms with van der Waals surface area (Å²) in [5, 5.41) is 7.25. The number of thiocarbonyl (C=S) groups is 1. The van der Waals surface area contributed by atoms with Crippen LogP contribution >= 0.6 is 12.2 Å². The lowest BCUT2D eigenvalue weighted by Gasteiger charge is -2.35. The van der Waals surface area contributed by atoms with Gasteiger partial charge in [0.15, 0.2) is 5.11 Å². The summed E-state index contributed by atoms with van der Waals surface area (Å²) in [6.07, 6.45) is 0. The van der Waals surface area contributed by atoms with Gasteiger partial charge in [-0.05, 0) is 54.9 Å². The molecule has 2 N–H and O–H groups in total. The molecule has 1 saturated heterocycles. The molecule has 0 saturated carbocycles. The number of hydrogen-bond donors (Lipinski definition) is 2. The molecule has 4 nitrogen and oxygen atoms in total. The standard InChI is InChI=1S/C21H26FN3OS/c1-15-4-3-5-16(2)20(15)24-21(27)23-14-19(25-10-12-26-13-11-25)17-6-8-18(22)9-7-17/h3-9,19H,10-14H2,1-2H3,(H2,23,24,27)/t19-/m0/s1. The molecule has 3 rings (SSSR count). The Labute approximate surface area is 165 Å². The molecule has 1 heterocycles. The Morgan fingerprint density at radius 3 is 2.37 bits per heavy atom. The Hall–Kier alpha value is -2.02. The van der Waals surface area contributed by atoms with E-state index in [1.54, 1.807) is 0 Å². The van der Waals surface area contributed by atoms with Crippen molar-refractivity contribution < 1.29 is 9.13 Å². The molecule has 1 fully saturated rings. The molecule has 2 aromatic rings. The number of hydrogen-bond acceptors (Lipinski definition) is 3. The molecule has 6 heteroatoms. The first-order chi connectivity index (χ1) is 13.0. The number of nitrogens with one attached hydrogen (secondary N) is 2. The number of benzene rings is 2. The molecule has 0 bridgehead atoms. The topological polar surface area (TPSA) is 36.5 Å². The zero-order chi connectivity index (χ0) is 19.2. The summed E-state index contributed by atoms with van der Waals surface area (Å²) in [5.74, 6) is -0.223. The van der Waals surface area contributed by atoms with E-state index in [1.807, 2.05) is 18.2 Å². The largest absolute Gasteiger partial charge is 0.379 e. The van der Waals surface area contributed by atoms with E-state index in [2.05, 4.69) is 41.5 Å². The minimum atomic E-state index is -0.223. The molecule has 1 aliphatic rings. The molecular formula is C21H26FN3OS. The van der Waals surface area contributed by atoms with Crippen molar-refractivity contribution in [3.05, 3.63) is 65.0 Å². The summed E-state index contributed by atoms with van der Waals surface area (Å²) < 4.78 is 18.8. The van der Waals surface area contributed by atoms with Gasteiger partial charge >= 0.3 is 0 Å². The van der Waals surface area contributed by atoms with Gasteiger partial charge in [0.1, 0.15) is 5.82 Å². The van der Waals surface area contributed by atoms with E-state index >= 15 is 0 Å². The molecular weight excluding hydrogens is 361 g/mol. The van der Waals surface area contributed by atoms with Crippen molar-refractivity contribution in [1.29, 1.82) is 0 Å². The van der Waals surface area contributed by atoms with Crippen LogP contribution in [0.15, 0.2) is 42.5 Å². The quantitative estimate of drug-likeness (QED) is 0.763. The molecule has 1 aliphatic heterocycles. The molecule has 0 aliphatic carbocycles. The summed E-state index contributed by atoms with van der Waals surface area (Å²) >= 11 is 5.52. The Morgan fingerprint density at radius 2 is 1.74 bits per heavy atom. The Kier molecular flexibility index (Phi) is 6.77. The Balaban J connectivity index is 1.68. The van der Waals surface area contributed by atoms with Gasteiger partial charge in [-0.15, -0.1) is 0 Å². The van der Waals surface area contributed by atoms with Crippen molar-refractivity contribution in [3.8, 4) is 0 Å². The van der Waals surface area contributed by atoms with Crippen LogP contribution in [0.3, 0.4) is 0 Å². The van der Waals surface area contributed by atoms with Crippen LogP contribution < -0.4 is 10.6 Å². The third-order valence-electron chi connectivity index (χ3n) is 4.92. The number of para-hydroxylation sites is 1. The van der Waals surface area contributed by atoms with Crippen LogP contribution in [0.25, 0.3) is 0 Å². The summed E-state index contributed by atoms with van der Waals surface area (Å²) in [7, 11) is 0. The number of morpholine rings is 1.